The van der Waals surface area contributed by atoms with Gasteiger partial charge in [0, 0.05) is 36.8 Å². The summed E-state index contributed by atoms with van der Waals surface area (Å²) in [6.07, 6.45) is 1.48. The van der Waals surface area contributed by atoms with Crippen LogP contribution in [0.3, 0.4) is 0 Å². The summed E-state index contributed by atoms with van der Waals surface area (Å²) < 4.78 is 0. The van der Waals surface area contributed by atoms with Crippen molar-refractivity contribution in [1.82, 2.24) is 4.90 Å². The highest BCUT2D eigenvalue weighted by Gasteiger charge is 2.63. The summed E-state index contributed by atoms with van der Waals surface area (Å²) in [4.78, 5) is 48.2. The summed E-state index contributed by atoms with van der Waals surface area (Å²) in [5, 5.41) is 49.2. The third-order valence-electron chi connectivity index (χ3n) is 7.73. The lowest BCUT2D eigenvalue weighted by Gasteiger charge is -2.50. The number of hydrogen-bond acceptors (Lipinski definition) is 11. The van der Waals surface area contributed by atoms with E-state index in [2.05, 4.69) is 5.16 Å². The highest BCUT2D eigenvalue weighted by atomic mass is 16.6. The molecule has 3 aliphatic carbocycles. The first-order valence-corrected chi connectivity index (χ1v) is 12.9. The monoisotopic (exact) mass is 556 g/mol. The molecule has 12 heteroatoms. The number of nitrogens with two attached hydrogens (primary N) is 1. The van der Waals surface area contributed by atoms with Gasteiger partial charge in [0.25, 0.3) is 5.91 Å². The number of ketones is 2. The third-order valence-corrected chi connectivity index (χ3v) is 7.73. The van der Waals surface area contributed by atoms with E-state index in [0.29, 0.717) is 11.3 Å². The van der Waals surface area contributed by atoms with E-state index in [0.717, 1.165) is 0 Å². The molecular formula is C28H36N4O8. The highest BCUT2D eigenvalue weighted by molar-refractivity contribution is 6.25. The van der Waals surface area contributed by atoms with E-state index in [1.165, 1.54) is 11.1 Å². The van der Waals surface area contributed by atoms with Crippen molar-refractivity contribution in [1.29, 1.82) is 0 Å². The number of allylic oxidation sites excluding steroid dienone is 1. The molecule has 0 unspecified atom stereocenters. The first-order valence-electron chi connectivity index (χ1n) is 12.9. The van der Waals surface area contributed by atoms with Crippen LogP contribution in [0.1, 0.15) is 48.7 Å². The molecular weight excluding hydrogens is 520 g/mol. The molecule has 4 atom stereocenters. The number of aromatic hydroxyl groups is 1. The van der Waals surface area contributed by atoms with Gasteiger partial charge in [-0.15, -0.1) is 0 Å². The summed E-state index contributed by atoms with van der Waals surface area (Å²) >= 11 is 0. The van der Waals surface area contributed by atoms with Crippen LogP contribution in [0.4, 0.5) is 5.69 Å². The normalized spacial score (nSPS) is 26.7. The van der Waals surface area contributed by atoms with E-state index in [1.54, 1.807) is 59.9 Å². The van der Waals surface area contributed by atoms with E-state index in [-0.39, 0.29) is 29.5 Å². The van der Waals surface area contributed by atoms with Crippen LogP contribution in [0.15, 0.2) is 33.9 Å². The number of rotatable bonds is 5. The topological polar surface area (TPSA) is 186 Å². The molecule has 1 aromatic carbocycles. The van der Waals surface area contributed by atoms with Crippen LogP contribution >= 0.6 is 0 Å². The van der Waals surface area contributed by atoms with Gasteiger partial charge < -0.3 is 35.9 Å². The van der Waals surface area contributed by atoms with Crippen molar-refractivity contribution in [2.45, 2.75) is 50.9 Å². The van der Waals surface area contributed by atoms with E-state index < -0.39 is 69.4 Å². The van der Waals surface area contributed by atoms with E-state index in [1.807, 2.05) is 0 Å². The molecule has 40 heavy (non-hydrogen) atoms. The van der Waals surface area contributed by atoms with Gasteiger partial charge in [0.1, 0.15) is 28.4 Å². The molecule has 0 heterocycles. The summed E-state index contributed by atoms with van der Waals surface area (Å²) in [5.41, 5.74) is 2.27. The second-order valence-corrected chi connectivity index (χ2v) is 12.0. The fourth-order valence-electron chi connectivity index (χ4n) is 6.06. The average molecular weight is 557 g/mol. The molecule has 1 amide bonds. The minimum absolute atomic E-state index is 0.0159. The molecule has 0 saturated heterocycles. The summed E-state index contributed by atoms with van der Waals surface area (Å²) in [5.74, 6) is -6.97. The number of Topliss-reactive ketones (excluding diaryl/α,β-unsaturated/α-hetero) is 2. The summed E-state index contributed by atoms with van der Waals surface area (Å²) in [7, 11) is 6.73. The van der Waals surface area contributed by atoms with E-state index in [4.69, 9.17) is 10.6 Å². The molecule has 0 spiro atoms. The molecule has 6 N–H and O–H groups in total. The smallest absolute Gasteiger partial charge is 0.255 e. The number of fused-ring (bicyclic) bond motifs is 3. The number of benzene rings is 1. The number of nitrogens with zero attached hydrogens (tertiary/aromatic N) is 3. The zero-order valence-electron chi connectivity index (χ0n) is 23.6. The Morgan fingerprint density at radius 3 is 2.33 bits per heavy atom. The molecule has 0 aromatic heterocycles. The first-order chi connectivity index (χ1) is 18.4. The predicted molar refractivity (Wildman–Crippen MR) is 146 cm³/mol. The van der Waals surface area contributed by atoms with Crippen molar-refractivity contribution >= 4 is 29.4 Å². The van der Waals surface area contributed by atoms with Gasteiger partial charge in [-0.3, -0.25) is 19.3 Å². The van der Waals surface area contributed by atoms with Crippen molar-refractivity contribution in [2.75, 3.05) is 33.1 Å². The Morgan fingerprint density at radius 1 is 1.18 bits per heavy atom. The Hall–Kier alpha value is -3.90. The summed E-state index contributed by atoms with van der Waals surface area (Å²) in [6.45, 7) is 5.40. The van der Waals surface area contributed by atoms with Crippen molar-refractivity contribution in [2.24, 2.45) is 22.7 Å². The number of aliphatic hydroxyl groups is 3. The maximum Gasteiger partial charge on any atom is 0.255 e. The highest BCUT2D eigenvalue weighted by Crippen LogP contribution is 2.53. The first kappa shape index (κ1) is 29.1. The lowest BCUT2D eigenvalue weighted by atomic mass is 9.58. The van der Waals surface area contributed by atoms with Crippen LogP contribution in [0.25, 0.3) is 0 Å². The van der Waals surface area contributed by atoms with E-state index in [9.17, 15) is 34.8 Å². The Bertz CT molecular complexity index is 1400. The summed E-state index contributed by atoms with van der Waals surface area (Å²) in [6, 6.07) is 0.624. The number of likely N-dealkylation sites (N-methyl/N-ethyl adjacent to an activating group) is 1. The van der Waals surface area contributed by atoms with Crippen molar-refractivity contribution in [3.8, 4) is 5.75 Å². The second kappa shape index (κ2) is 9.63. The molecule has 3 aliphatic rings. The van der Waals surface area contributed by atoms with Crippen LogP contribution in [-0.4, -0.2) is 94.4 Å². The number of phenols is 1. The largest absolute Gasteiger partial charge is 0.510 e. The molecule has 0 saturated carbocycles. The number of phenolic OH excluding ortho intramolecular Hbond substituents is 1. The average Bonchev–Trinajstić information content (AvgIpc) is 2.81. The van der Waals surface area contributed by atoms with Gasteiger partial charge in [-0.1, -0.05) is 5.16 Å². The van der Waals surface area contributed by atoms with Crippen LogP contribution in [-0.2, 0) is 20.8 Å². The Balaban J connectivity index is 1.94. The molecule has 4 rings (SSSR count). The molecule has 12 nitrogen and oxygen atoms in total. The van der Waals surface area contributed by atoms with Gasteiger partial charge in [0.2, 0.25) is 5.78 Å². The molecule has 0 fully saturated rings. The lowest BCUT2D eigenvalue weighted by Crippen LogP contribution is -2.63. The van der Waals surface area contributed by atoms with Crippen LogP contribution in [0, 0.1) is 11.8 Å². The Labute approximate surface area is 232 Å². The second-order valence-electron chi connectivity index (χ2n) is 12.0. The molecule has 1 aromatic rings. The van der Waals surface area contributed by atoms with Crippen LogP contribution < -0.4 is 10.6 Å². The van der Waals surface area contributed by atoms with Gasteiger partial charge in [0.05, 0.1) is 17.8 Å². The van der Waals surface area contributed by atoms with Crippen molar-refractivity contribution < 1.29 is 39.6 Å². The molecule has 0 radical (unpaired) electrons. The number of primary amides is 1. The van der Waals surface area contributed by atoms with E-state index >= 15 is 0 Å². The minimum Gasteiger partial charge on any atom is -0.510 e. The Morgan fingerprint density at radius 2 is 1.80 bits per heavy atom. The number of aliphatic hydroxyl groups excluding tert-OH is 2. The predicted octanol–water partition coefficient (Wildman–Crippen LogP) is 1.34. The van der Waals surface area contributed by atoms with Gasteiger partial charge in [0.15, 0.2) is 11.4 Å². The van der Waals surface area contributed by atoms with Crippen LogP contribution in [0.5, 0.6) is 5.75 Å². The zero-order chi connectivity index (χ0) is 30.1. The fourth-order valence-corrected chi connectivity index (χ4v) is 6.06. The number of amides is 1. The van der Waals surface area contributed by atoms with Gasteiger partial charge >= 0.3 is 0 Å². The maximum absolute atomic E-state index is 14.0. The standard InChI is InChI=1S/C28H36N4O8/c1-27(2,3)40-30-11-13-10-16(31(4)5)14-8-12-9-15-20(32(6)7)23(35)19(26(29)38)25(37)28(15,39)24(36)17(12)22(34)18(14)21(13)33/h10-12,15,20,33,35-36,39H,8-9H2,1-7H3,(H2,29,38)/b30-11+/t12-,15-,20-,28-/m0/s1. The molecule has 0 bridgehead atoms. The molecule has 0 aliphatic heterocycles. The molecule has 216 valence electrons. The zero-order valence-corrected chi connectivity index (χ0v) is 23.6. The van der Waals surface area contributed by atoms with Crippen molar-refractivity contribution in [3.05, 3.63) is 45.4 Å². The number of hydrogen-bond donors (Lipinski definition) is 5. The van der Waals surface area contributed by atoms with Crippen molar-refractivity contribution in [3.63, 3.8) is 0 Å². The number of oxime groups is 1. The Kier molecular flexibility index (Phi) is 7.00. The number of anilines is 1. The minimum atomic E-state index is -2.69. The SMILES string of the molecule is CN(C)c1cc(/C=N/OC(C)(C)C)c(O)c2c1C[C@H]1C[C@H]3[C@H](N(C)C)C(O)=C(C(N)=O)C(=O)[C@@]3(O)C(O)=C1C2=O. The number of carbonyl (C=O) groups is 3. The quantitative estimate of drug-likeness (QED) is 0.201. The fraction of sp³-hybridized carbons (Fsp3) is 0.500. The van der Waals surface area contributed by atoms with Gasteiger partial charge in [-0.25, -0.2) is 0 Å². The van der Waals surface area contributed by atoms with Gasteiger partial charge in [-0.05, 0) is 65.3 Å². The van der Waals surface area contributed by atoms with Crippen LogP contribution in [0.2, 0.25) is 0 Å². The third kappa shape index (κ3) is 4.31. The number of carbonyl (C=O) groups excluding carboxylic acids is 3. The lowest BCUT2D eigenvalue weighted by molar-refractivity contribution is -0.148. The maximum atomic E-state index is 14.0. The van der Waals surface area contributed by atoms with Gasteiger partial charge in [-0.2, -0.15) is 0 Å².